The zero-order chi connectivity index (χ0) is 11.4. The van der Waals surface area contributed by atoms with E-state index in [1.165, 1.54) is 32.1 Å². The van der Waals surface area contributed by atoms with Crippen LogP contribution in [0.1, 0.15) is 44.9 Å². The first-order valence-corrected chi connectivity index (χ1v) is 6.66. The predicted molar refractivity (Wildman–Crippen MR) is 64.4 cm³/mol. The van der Waals surface area contributed by atoms with E-state index in [0.717, 1.165) is 26.0 Å². The number of rotatable bonds is 6. The largest absolute Gasteiger partial charge is 0.392 e. The minimum atomic E-state index is -0.119. The minimum absolute atomic E-state index is 0.119. The third kappa shape index (κ3) is 3.19. The highest BCUT2D eigenvalue weighted by Gasteiger charge is 2.42. The summed E-state index contributed by atoms with van der Waals surface area (Å²) < 4.78 is 5.15. The third-order valence-corrected chi connectivity index (χ3v) is 4.26. The molecule has 0 spiro atoms. The van der Waals surface area contributed by atoms with Gasteiger partial charge in [-0.3, -0.25) is 0 Å². The van der Waals surface area contributed by atoms with E-state index in [4.69, 9.17) is 4.74 Å². The Kier molecular flexibility index (Phi) is 4.22. The lowest BCUT2D eigenvalue weighted by Crippen LogP contribution is -2.44. The summed E-state index contributed by atoms with van der Waals surface area (Å²) >= 11 is 0. The Balaban J connectivity index is 1.69. The second-order valence-corrected chi connectivity index (χ2v) is 5.58. The molecule has 2 aliphatic rings. The van der Waals surface area contributed by atoms with Crippen LogP contribution in [0.3, 0.4) is 0 Å². The molecular formula is C13H25NO2. The van der Waals surface area contributed by atoms with Crippen molar-refractivity contribution in [3.05, 3.63) is 0 Å². The summed E-state index contributed by atoms with van der Waals surface area (Å²) in [4.78, 5) is 0. The topological polar surface area (TPSA) is 41.5 Å². The molecule has 0 aromatic heterocycles. The maximum Gasteiger partial charge on any atom is 0.0693 e. The lowest BCUT2D eigenvalue weighted by atomic mass is 9.91. The summed E-state index contributed by atoms with van der Waals surface area (Å²) in [5.41, 5.74) is 0.493. The van der Waals surface area contributed by atoms with E-state index in [1.54, 1.807) is 7.11 Å². The molecule has 2 fully saturated rings. The number of methoxy groups -OCH3 is 1. The average molecular weight is 227 g/mol. The van der Waals surface area contributed by atoms with Gasteiger partial charge in [-0.1, -0.05) is 12.8 Å². The monoisotopic (exact) mass is 227 g/mol. The highest BCUT2D eigenvalue weighted by atomic mass is 16.5. The summed E-state index contributed by atoms with van der Waals surface area (Å²) in [5, 5.41) is 13.5. The van der Waals surface area contributed by atoms with Crippen LogP contribution in [0.25, 0.3) is 0 Å². The number of aliphatic hydroxyl groups excluding tert-OH is 1. The van der Waals surface area contributed by atoms with E-state index in [-0.39, 0.29) is 6.10 Å². The van der Waals surface area contributed by atoms with E-state index in [2.05, 4.69) is 5.32 Å². The predicted octanol–water partition coefficient (Wildman–Crippen LogP) is 1.70. The smallest absolute Gasteiger partial charge is 0.0693 e. The number of aliphatic hydroxyl groups is 1. The van der Waals surface area contributed by atoms with Gasteiger partial charge in [-0.05, 0) is 37.5 Å². The SMILES string of the molecule is COCCC1(CNC2CCCCC2O)CC1. The Morgan fingerprint density at radius 2 is 2.06 bits per heavy atom. The standard InChI is InChI=1S/C13H25NO2/c1-16-9-8-13(6-7-13)10-14-11-4-2-3-5-12(11)15/h11-12,14-15H,2-10H2,1H3. The lowest BCUT2D eigenvalue weighted by Gasteiger charge is -2.30. The van der Waals surface area contributed by atoms with Gasteiger partial charge >= 0.3 is 0 Å². The highest BCUT2D eigenvalue weighted by molar-refractivity contribution is 4.96. The van der Waals surface area contributed by atoms with Crippen molar-refractivity contribution < 1.29 is 9.84 Å². The molecule has 0 amide bonds. The van der Waals surface area contributed by atoms with Crippen LogP contribution in [0.4, 0.5) is 0 Å². The Labute approximate surface area is 98.6 Å². The number of nitrogens with one attached hydrogen (secondary N) is 1. The zero-order valence-corrected chi connectivity index (χ0v) is 10.4. The molecule has 2 aliphatic carbocycles. The van der Waals surface area contributed by atoms with Gasteiger partial charge < -0.3 is 15.2 Å². The Morgan fingerprint density at radius 3 is 2.69 bits per heavy atom. The number of hydrogen-bond donors (Lipinski definition) is 2. The van der Waals surface area contributed by atoms with Crippen LogP contribution >= 0.6 is 0 Å². The summed E-state index contributed by atoms with van der Waals surface area (Å²) in [5.74, 6) is 0. The van der Waals surface area contributed by atoms with E-state index in [9.17, 15) is 5.11 Å². The fraction of sp³-hybridized carbons (Fsp3) is 1.00. The van der Waals surface area contributed by atoms with Crippen molar-refractivity contribution >= 4 is 0 Å². The van der Waals surface area contributed by atoms with Crippen LogP contribution in [-0.2, 0) is 4.74 Å². The quantitative estimate of drug-likeness (QED) is 0.725. The van der Waals surface area contributed by atoms with Crippen molar-refractivity contribution in [2.75, 3.05) is 20.3 Å². The Bertz CT molecular complexity index is 216. The molecule has 0 aromatic carbocycles. The van der Waals surface area contributed by atoms with Gasteiger partial charge in [-0.25, -0.2) is 0 Å². The van der Waals surface area contributed by atoms with Gasteiger partial charge in [-0.15, -0.1) is 0 Å². The van der Waals surface area contributed by atoms with Gasteiger partial charge in [0.25, 0.3) is 0 Å². The summed E-state index contributed by atoms with van der Waals surface area (Å²) in [6.45, 7) is 1.94. The minimum Gasteiger partial charge on any atom is -0.392 e. The number of ether oxygens (including phenoxy) is 1. The van der Waals surface area contributed by atoms with E-state index in [1.807, 2.05) is 0 Å². The second kappa shape index (κ2) is 5.48. The van der Waals surface area contributed by atoms with Crippen molar-refractivity contribution in [3.8, 4) is 0 Å². The van der Waals surface area contributed by atoms with E-state index in [0.29, 0.717) is 11.5 Å². The van der Waals surface area contributed by atoms with Crippen LogP contribution in [0.2, 0.25) is 0 Å². The van der Waals surface area contributed by atoms with Gasteiger partial charge in [-0.2, -0.15) is 0 Å². The van der Waals surface area contributed by atoms with E-state index < -0.39 is 0 Å². The van der Waals surface area contributed by atoms with Crippen molar-refractivity contribution in [2.45, 2.75) is 57.1 Å². The van der Waals surface area contributed by atoms with Crippen LogP contribution in [0.5, 0.6) is 0 Å². The van der Waals surface area contributed by atoms with Gasteiger partial charge in [0.2, 0.25) is 0 Å². The van der Waals surface area contributed by atoms with Gasteiger partial charge in [0, 0.05) is 26.3 Å². The fourth-order valence-electron chi connectivity index (χ4n) is 2.71. The van der Waals surface area contributed by atoms with Crippen molar-refractivity contribution in [2.24, 2.45) is 5.41 Å². The van der Waals surface area contributed by atoms with Crippen molar-refractivity contribution in [1.82, 2.24) is 5.32 Å². The molecule has 0 aromatic rings. The summed E-state index contributed by atoms with van der Waals surface area (Å²) in [6, 6.07) is 0.341. The Hall–Kier alpha value is -0.120. The molecule has 16 heavy (non-hydrogen) atoms. The molecule has 94 valence electrons. The maximum absolute atomic E-state index is 9.88. The van der Waals surface area contributed by atoms with Gasteiger partial charge in [0.05, 0.1) is 6.10 Å². The zero-order valence-electron chi connectivity index (χ0n) is 10.4. The molecule has 0 saturated heterocycles. The average Bonchev–Trinajstić information content (AvgIpc) is 3.06. The molecule has 0 heterocycles. The van der Waals surface area contributed by atoms with Crippen LogP contribution in [-0.4, -0.2) is 37.5 Å². The first-order chi connectivity index (χ1) is 7.76. The molecule has 2 atom stereocenters. The van der Waals surface area contributed by atoms with E-state index >= 15 is 0 Å². The second-order valence-electron chi connectivity index (χ2n) is 5.58. The molecule has 2 saturated carbocycles. The Morgan fingerprint density at radius 1 is 1.31 bits per heavy atom. The fourth-order valence-corrected chi connectivity index (χ4v) is 2.71. The molecule has 2 rings (SSSR count). The number of hydrogen-bond acceptors (Lipinski definition) is 3. The normalized spacial score (nSPS) is 32.6. The third-order valence-electron chi connectivity index (χ3n) is 4.26. The van der Waals surface area contributed by atoms with Crippen molar-refractivity contribution in [3.63, 3.8) is 0 Å². The highest BCUT2D eigenvalue weighted by Crippen LogP contribution is 2.48. The lowest BCUT2D eigenvalue weighted by molar-refractivity contribution is 0.0861. The summed E-state index contributed by atoms with van der Waals surface area (Å²) in [6.07, 6.45) is 8.27. The maximum atomic E-state index is 9.88. The van der Waals surface area contributed by atoms with Crippen molar-refractivity contribution in [1.29, 1.82) is 0 Å². The molecule has 2 N–H and O–H groups in total. The van der Waals surface area contributed by atoms with Crippen LogP contribution in [0.15, 0.2) is 0 Å². The van der Waals surface area contributed by atoms with Gasteiger partial charge in [0.1, 0.15) is 0 Å². The molecule has 0 bridgehead atoms. The molecule has 0 radical (unpaired) electrons. The van der Waals surface area contributed by atoms with Crippen LogP contribution in [0, 0.1) is 5.41 Å². The first-order valence-electron chi connectivity index (χ1n) is 6.66. The van der Waals surface area contributed by atoms with Crippen LogP contribution < -0.4 is 5.32 Å². The first kappa shape index (κ1) is 12.3. The molecule has 2 unspecified atom stereocenters. The summed E-state index contributed by atoms with van der Waals surface area (Å²) in [7, 11) is 1.77. The molecule has 3 heteroatoms. The van der Waals surface area contributed by atoms with Gasteiger partial charge in [0.15, 0.2) is 0 Å². The molecule has 0 aliphatic heterocycles. The molecular weight excluding hydrogens is 202 g/mol. The molecule has 3 nitrogen and oxygen atoms in total.